The largest absolute Gasteiger partial charge is 0.457 e. The Morgan fingerprint density at radius 1 is 0.931 bits per heavy atom. The molecule has 148 valence electrons. The second-order valence-electron chi connectivity index (χ2n) is 6.53. The number of nitrogens with zero attached hydrogens (tertiary/aromatic N) is 2. The Morgan fingerprint density at radius 3 is 2.24 bits per heavy atom. The van der Waals surface area contributed by atoms with Gasteiger partial charge < -0.3 is 15.0 Å². The van der Waals surface area contributed by atoms with Crippen LogP contribution in [0.2, 0.25) is 0 Å². The number of carbonyl (C=O) groups excluding carboxylic acids is 2. The van der Waals surface area contributed by atoms with Crippen LogP contribution in [0.25, 0.3) is 0 Å². The molecule has 0 aliphatic heterocycles. The van der Waals surface area contributed by atoms with E-state index in [-0.39, 0.29) is 18.2 Å². The highest BCUT2D eigenvalue weighted by atomic mass is 16.5. The fraction of sp³-hybridized carbons (Fsp3) is 0.174. The van der Waals surface area contributed by atoms with Crippen molar-refractivity contribution in [3.8, 4) is 11.5 Å². The lowest BCUT2D eigenvalue weighted by Gasteiger charge is -2.20. The monoisotopic (exact) mass is 389 g/mol. The van der Waals surface area contributed by atoms with Gasteiger partial charge in [-0.15, -0.1) is 0 Å². The van der Waals surface area contributed by atoms with Crippen molar-refractivity contribution in [2.45, 2.75) is 19.9 Å². The Bertz CT molecular complexity index is 929. The number of hydrogen-bond acceptors (Lipinski definition) is 4. The third-order valence-electron chi connectivity index (χ3n) is 4.29. The van der Waals surface area contributed by atoms with E-state index in [1.807, 2.05) is 42.5 Å². The highest BCUT2D eigenvalue weighted by Crippen LogP contribution is 2.22. The maximum absolute atomic E-state index is 12.3. The zero-order chi connectivity index (χ0) is 20.5. The van der Waals surface area contributed by atoms with Crippen LogP contribution in [-0.4, -0.2) is 28.2 Å². The summed E-state index contributed by atoms with van der Waals surface area (Å²) >= 11 is 0. The molecule has 0 aliphatic carbocycles. The van der Waals surface area contributed by atoms with E-state index >= 15 is 0 Å². The summed E-state index contributed by atoms with van der Waals surface area (Å²) in [7, 11) is 0. The zero-order valence-electron chi connectivity index (χ0n) is 16.2. The number of para-hydroxylation sites is 1. The maximum atomic E-state index is 12.3. The van der Waals surface area contributed by atoms with Crippen LogP contribution >= 0.6 is 0 Å². The van der Waals surface area contributed by atoms with Gasteiger partial charge in [-0.2, -0.15) is 0 Å². The molecule has 29 heavy (non-hydrogen) atoms. The predicted octanol–water partition coefficient (Wildman–Crippen LogP) is 4.25. The molecule has 0 radical (unpaired) electrons. The van der Waals surface area contributed by atoms with Crippen LogP contribution in [0.5, 0.6) is 11.5 Å². The van der Waals surface area contributed by atoms with Crippen molar-refractivity contribution in [3.05, 3.63) is 84.7 Å². The van der Waals surface area contributed by atoms with Crippen molar-refractivity contribution in [1.82, 2.24) is 9.88 Å². The van der Waals surface area contributed by atoms with Gasteiger partial charge in [0.05, 0.1) is 0 Å². The zero-order valence-corrected chi connectivity index (χ0v) is 16.2. The Hall–Kier alpha value is -3.67. The number of carbonyl (C=O) groups is 2. The quantitative estimate of drug-likeness (QED) is 0.625. The van der Waals surface area contributed by atoms with Gasteiger partial charge in [-0.05, 0) is 54.1 Å². The van der Waals surface area contributed by atoms with E-state index in [4.69, 9.17) is 4.74 Å². The first kappa shape index (κ1) is 20.1. The molecule has 0 spiro atoms. The number of aromatic nitrogens is 1. The lowest BCUT2D eigenvalue weighted by molar-refractivity contribution is -0.129. The first-order chi connectivity index (χ1) is 14.1. The molecule has 0 saturated carbocycles. The Kier molecular flexibility index (Phi) is 6.95. The molecule has 0 atom stereocenters. The number of benzene rings is 2. The van der Waals surface area contributed by atoms with Crippen molar-refractivity contribution in [3.63, 3.8) is 0 Å². The number of pyridine rings is 1. The van der Waals surface area contributed by atoms with Crippen LogP contribution in [0.4, 0.5) is 5.69 Å². The van der Waals surface area contributed by atoms with E-state index in [2.05, 4.69) is 10.3 Å². The third kappa shape index (κ3) is 6.46. The summed E-state index contributed by atoms with van der Waals surface area (Å²) in [5.41, 5.74) is 1.66. The van der Waals surface area contributed by atoms with E-state index < -0.39 is 0 Å². The average molecular weight is 389 g/mol. The highest BCUT2D eigenvalue weighted by molar-refractivity contribution is 5.91. The van der Waals surface area contributed by atoms with Gasteiger partial charge in [-0.3, -0.25) is 14.6 Å². The van der Waals surface area contributed by atoms with Gasteiger partial charge in [0.15, 0.2) is 0 Å². The molecule has 2 aromatic carbocycles. The number of anilines is 1. The summed E-state index contributed by atoms with van der Waals surface area (Å²) in [5.74, 6) is 1.22. The molecule has 3 aromatic rings. The maximum Gasteiger partial charge on any atom is 0.226 e. The topological polar surface area (TPSA) is 71.5 Å². The predicted molar refractivity (Wildman–Crippen MR) is 112 cm³/mol. The SMILES string of the molecule is CC(=O)N(CCC(=O)Nc1ccc(Oc2ccccc2)cc1)Cc1ccncc1. The molecule has 0 fully saturated rings. The standard InChI is InChI=1S/C23H23N3O3/c1-18(27)26(17-19-11-14-24-15-12-19)16-13-23(28)25-20-7-9-22(10-8-20)29-21-5-3-2-4-6-21/h2-12,14-15H,13,16-17H2,1H3,(H,25,28). The van der Waals surface area contributed by atoms with Crippen LogP contribution < -0.4 is 10.1 Å². The minimum Gasteiger partial charge on any atom is -0.457 e. The molecular formula is C23H23N3O3. The van der Waals surface area contributed by atoms with Gasteiger partial charge in [-0.1, -0.05) is 18.2 Å². The van der Waals surface area contributed by atoms with Crippen molar-refractivity contribution in [1.29, 1.82) is 0 Å². The number of hydrogen-bond donors (Lipinski definition) is 1. The Morgan fingerprint density at radius 2 is 1.59 bits per heavy atom. The molecule has 0 aliphatic rings. The van der Waals surface area contributed by atoms with E-state index in [9.17, 15) is 9.59 Å². The number of amides is 2. The Balaban J connectivity index is 1.49. The van der Waals surface area contributed by atoms with Gasteiger partial charge in [0.2, 0.25) is 11.8 Å². The molecule has 1 heterocycles. The molecule has 3 rings (SSSR count). The lowest BCUT2D eigenvalue weighted by atomic mass is 10.2. The van der Waals surface area contributed by atoms with Crippen LogP contribution in [0.3, 0.4) is 0 Å². The fourth-order valence-corrected chi connectivity index (χ4v) is 2.75. The van der Waals surface area contributed by atoms with Crippen molar-refractivity contribution in [2.24, 2.45) is 0 Å². The summed E-state index contributed by atoms with van der Waals surface area (Å²) in [4.78, 5) is 29.8. The van der Waals surface area contributed by atoms with Crippen LogP contribution in [0.15, 0.2) is 79.1 Å². The number of ether oxygens (including phenoxy) is 1. The normalized spacial score (nSPS) is 10.2. The molecule has 0 bridgehead atoms. The molecular weight excluding hydrogens is 366 g/mol. The van der Waals surface area contributed by atoms with Gasteiger partial charge in [0.1, 0.15) is 11.5 Å². The molecule has 2 amide bonds. The van der Waals surface area contributed by atoms with Crippen molar-refractivity contribution >= 4 is 17.5 Å². The second kappa shape index (κ2) is 10.0. The van der Waals surface area contributed by atoms with Gasteiger partial charge in [0.25, 0.3) is 0 Å². The summed E-state index contributed by atoms with van der Waals surface area (Å²) in [6.07, 6.45) is 3.59. The fourth-order valence-electron chi connectivity index (χ4n) is 2.75. The Labute approximate surface area is 170 Å². The molecule has 6 nitrogen and oxygen atoms in total. The average Bonchev–Trinajstić information content (AvgIpc) is 2.74. The summed E-state index contributed by atoms with van der Waals surface area (Å²) in [6.45, 7) is 2.31. The first-order valence-corrected chi connectivity index (χ1v) is 9.37. The number of nitrogens with one attached hydrogen (secondary N) is 1. The highest BCUT2D eigenvalue weighted by Gasteiger charge is 2.12. The minimum absolute atomic E-state index is 0.0722. The van der Waals surface area contributed by atoms with Crippen LogP contribution in [0.1, 0.15) is 18.9 Å². The second-order valence-corrected chi connectivity index (χ2v) is 6.53. The van der Waals surface area contributed by atoms with Crippen LogP contribution in [-0.2, 0) is 16.1 Å². The van der Waals surface area contributed by atoms with E-state index in [1.165, 1.54) is 6.92 Å². The van der Waals surface area contributed by atoms with E-state index in [1.54, 1.807) is 41.6 Å². The molecule has 6 heteroatoms. The molecule has 1 N–H and O–H groups in total. The number of rotatable bonds is 8. The third-order valence-corrected chi connectivity index (χ3v) is 4.29. The summed E-state index contributed by atoms with van der Waals surface area (Å²) < 4.78 is 5.74. The van der Waals surface area contributed by atoms with Crippen molar-refractivity contribution < 1.29 is 14.3 Å². The van der Waals surface area contributed by atoms with E-state index in [0.29, 0.717) is 24.5 Å². The first-order valence-electron chi connectivity index (χ1n) is 9.37. The van der Waals surface area contributed by atoms with Gasteiger partial charge in [0, 0.05) is 44.5 Å². The minimum atomic E-state index is -0.150. The lowest BCUT2D eigenvalue weighted by Crippen LogP contribution is -2.31. The van der Waals surface area contributed by atoms with E-state index in [0.717, 1.165) is 11.3 Å². The van der Waals surface area contributed by atoms with Gasteiger partial charge >= 0.3 is 0 Å². The molecule has 0 saturated heterocycles. The smallest absolute Gasteiger partial charge is 0.226 e. The summed E-state index contributed by atoms with van der Waals surface area (Å²) in [5, 5.41) is 2.85. The molecule has 1 aromatic heterocycles. The van der Waals surface area contributed by atoms with Gasteiger partial charge in [-0.25, -0.2) is 0 Å². The van der Waals surface area contributed by atoms with Crippen LogP contribution in [0, 0.1) is 0 Å². The van der Waals surface area contributed by atoms with Crippen molar-refractivity contribution in [2.75, 3.05) is 11.9 Å². The summed E-state index contributed by atoms with van der Waals surface area (Å²) in [6, 6.07) is 20.4. The molecule has 0 unspecified atom stereocenters.